The predicted octanol–water partition coefficient (Wildman–Crippen LogP) is 2.49. The maximum Gasteiger partial charge on any atom is 0.376 e. The van der Waals surface area contributed by atoms with Crippen LogP contribution in [0.25, 0.3) is 16.7 Å². The highest BCUT2D eigenvalue weighted by molar-refractivity contribution is 6.38. The van der Waals surface area contributed by atoms with Crippen LogP contribution in [-0.2, 0) is 16.1 Å². The number of carboxylic acids is 1. The first-order valence-corrected chi connectivity index (χ1v) is 10.8. The summed E-state index contributed by atoms with van der Waals surface area (Å²) < 4.78 is 15.1. The number of halogens is 1. The van der Waals surface area contributed by atoms with E-state index in [1.165, 1.54) is 18.3 Å². The summed E-state index contributed by atoms with van der Waals surface area (Å²) in [7, 11) is 2.06. The van der Waals surface area contributed by atoms with Gasteiger partial charge in [-0.2, -0.15) is 0 Å². The lowest BCUT2D eigenvalue weighted by Gasteiger charge is -2.34. The monoisotopic (exact) mass is 465 g/mol. The van der Waals surface area contributed by atoms with E-state index in [-0.39, 0.29) is 17.9 Å². The van der Waals surface area contributed by atoms with Gasteiger partial charge in [-0.1, -0.05) is 12.1 Å². The zero-order valence-corrected chi connectivity index (χ0v) is 18.6. The third kappa shape index (κ3) is 4.84. The van der Waals surface area contributed by atoms with Gasteiger partial charge in [-0.3, -0.25) is 9.59 Å². The molecule has 1 fully saturated rings. The Balaban J connectivity index is 1.85. The normalized spacial score (nSPS) is 15.0. The van der Waals surface area contributed by atoms with Gasteiger partial charge in [-0.25, -0.2) is 9.18 Å². The number of carboxylic acid groups (broad SMARTS) is 1. The summed E-state index contributed by atoms with van der Waals surface area (Å²) in [6, 6.07) is 11.3. The van der Waals surface area contributed by atoms with Crippen LogP contribution in [0.15, 0.2) is 59.5 Å². The molecule has 34 heavy (non-hydrogen) atoms. The van der Waals surface area contributed by atoms with Gasteiger partial charge < -0.3 is 24.6 Å². The third-order valence-corrected chi connectivity index (χ3v) is 5.95. The summed E-state index contributed by atoms with van der Waals surface area (Å²) in [5.74, 6) is -4.18. The molecular weight excluding hydrogens is 441 g/mol. The number of aliphatic hydroxyl groups excluding tert-OH is 1. The van der Waals surface area contributed by atoms with Crippen molar-refractivity contribution in [3.8, 4) is 0 Å². The Morgan fingerprint density at radius 2 is 1.71 bits per heavy atom. The molecule has 1 aliphatic rings. The van der Waals surface area contributed by atoms with Gasteiger partial charge in [0.15, 0.2) is 5.43 Å². The number of carbonyl (C=O) groups is 2. The fraction of sp³-hybridized carbons (Fsp3) is 0.240. The number of ketones is 1. The van der Waals surface area contributed by atoms with Crippen molar-refractivity contribution in [2.75, 3.05) is 38.1 Å². The molecule has 176 valence electrons. The van der Waals surface area contributed by atoms with Crippen molar-refractivity contribution < 1.29 is 24.2 Å². The van der Waals surface area contributed by atoms with Crippen molar-refractivity contribution in [3.63, 3.8) is 0 Å². The lowest BCUT2D eigenvalue weighted by Crippen LogP contribution is -2.44. The first-order valence-electron chi connectivity index (χ1n) is 10.8. The fourth-order valence-corrected chi connectivity index (χ4v) is 4.00. The summed E-state index contributed by atoms with van der Waals surface area (Å²) in [4.78, 5) is 40.1. The number of anilines is 1. The van der Waals surface area contributed by atoms with Crippen molar-refractivity contribution in [1.82, 2.24) is 9.47 Å². The number of aromatic nitrogens is 1. The van der Waals surface area contributed by atoms with Crippen LogP contribution in [0.3, 0.4) is 0 Å². The van der Waals surface area contributed by atoms with Gasteiger partial charge in [-0.05, 0) is 42.9 Å². The van der Waals surface area contributed by atoms with Crippen LogP contribution in [0.1, 0.15) is 11.1 Å². The van der Waals surface area contributed by atoms with E-state index < -0.39 is 22.9 Å². The third-order valence-electron chi connectivity index (χ3n) is 5.95. The van der Waals surface area contributed by atoms with Crippen molar-refractivity contribution in [1.29, 1.82) is 0 Å². The summed E-state index contributed by atoms with van der Waals surface area (Å²) in [5.41, 5.74) is 1.58. The molecule has 8 nitrogen and oxygen atoms in total. The molecule has 0 radical (unpaired) electrons. The van der Waals surface area contributed by atoms with Gasteiger partial charge in [0.25, 0.3) is 5.78 Å². The average molecular weight is 465 g/mol. The molecule has 2 N–H and O–H groups in total. The molecule has 1 aromatic heterocycles. The molecule has 9 heteroatoms. The van der Waals surface area contributed by atoms with E-state index in [1.807, 2.05) is 12.1 Å². The number of fused-ring (bicyclic) bond motifs is 1. The van der Waals surface area contributed by atoms with Gasteiger partial charge in [0, 0.05) is 56.1 Å². The van der Waals surface area contributed by atoms with E-state index in [4.69, 9.17) is 5.11 Å². The van der Waals surface area contributed by atoms with Gasteiger partial charge in [0.2, 0.25) is 0 Å². The van der Waals surface area contributed by atoms with Crippen LogP contribution in [0.5, 0.6) is 0 Å². The molecular formula is C25H24FN3O5. The van der Waals surface area contributed by atoms with Crippen LogP contribution in [0.2, 0.25) is 0 Å². The number of pyridine rings is 1. The van der Waals surface area contributed by atoms with Crippen LogP contribution >= 0.6 is 0 Å². The zero-order valence-electron chi connectivity index (χ0n) is 18.6. The van der Waals surface area contributed by atoms with Gasteiger partial charge >= 0.3 is 5.97 Å². The molecule has 2 heterocycles. The lowest BCUT2D eigenvalue weighted by atomic mass is 10.1. The van der Waals surface area contributed by atoms with Crippen molar-refractivity contribution >= 4 is 34.1 Å². The summed E-state index contributed by atoms with van der Waals surface area (Å²) in [5, 5.41) is 19.5. The minimum Gasteiger partial charge on any atom is -0.507 e. The Kier molecular flexibility index (Phi) is 6.47. The molecule has 0 amide bonds. The first kappa shape index (κ1) is 23.2. The van der Waals surface area contributed by atoms with Crippen molar-refractivity contribution in [2.45, 2.75) is 6.54 Å². The fourth-order valence-electron chi connectivity index (χ4n) is 4.00. The second-order valence-corrected chi connectivity index (χ2v) is 8.32. The number of hydrogen-bond donors (Lipinski definition) is 2. The highest BCUT2D eigenvalue weighted by Gasteiger charge is 2.19. The highest BCUT2D eigenvalue weighted by Crippen LogP contribution is 2.24. The Bertz CT molecular complexity index is 1340. The standard InChI is InChI=1S/C25H24FN3O5/c1-27-8-10-28(11-9-27)18-6-7-19-21(12-18)29(14-16-2-4-17(26)5-3-16)15-20(24(19)32)22(30)13-23(31)25(33)34/h2-7,12-13,15,30H,8-11,14H2,1H3,(H,33,34). The zero-order chi connectivity index (χ0) is 24.4. The second-order valence-electron chi connectivity index (χ2n) is 8.32. The largest absolute Gasteiger partial charge is 0.507 e. The smallest absolute Gasteiger partial charge is 0.376 e. The van der Waals surface area contributed by atoms with E-state index in [0.29, 0.717) is 17.0 Å². The average Bonchev–Trinajstić information content (AvgIpc) is 2.82. The molecule has 0 bridgehead atoms. The molecule has 0 aliphatic carbocycles. The number of likely N-dealkylation sites (N-methyl/N-ethyl adjacent to an activating group) is 1. The first-order chi connectivity index (χ1) is 16.2. The molecule has 0 saturated carbocycles. The molecule has 3 aromatic rings. The van der Waals surface area contributed by atoms with Crippen molar-refractivity contribution in [2.24, 2.45) is 0 Å². The maximum absolute atomic E-state index is 13.4. The van der Waals surface area contributed by atoms with Gasteiger partial charge in [0.05, 0.1) is 11.1 Å². The minimum atomic E-state index is -1.74. The number of aliphatic hydroxyl groups is 1. The Morgan fingerprint density at radius 3 is 2.35 bits per heavy atom. The Labute approximate surface area is 194 Å². The van der Waals surface area contributed by atoms with Crippen LogP contribution in [0, 0.1) is 5.82 Å². The molecule has 0 spiro atoms. The number of nitrogens with zero attached hydrogens (tertiary/aromatic N) is 3. The van der Waals surface area contributed by atoms with E-state index in [1.54, 1.807) is 22.8 Å². The summed E-state index contributed by atoms with van der Waals surface area (Å²) in [6.45, 7) is 3.76. The molecule has 2 aromatic carbocycles. The topological polar surface area (TPSA) is 103 Å². The van der Waals surface area contributed by atoms with Crippen LogP contribution < -0.4 is 10.3 Å². The Hall–Kier alpha value is -3.98. The van der Waals surface area contributed by atoms with Crippen LogP contribution in [-0.4, -0.2) is 64.7 Å². The number of piperazine rings is 1. The summed E-state index contributed by atoms with van der Waals surface area (Å²) >= 11 is 0. The molecule has 1 aliphatic heterocycles. The predicted molar refractivity (Wildman–Crippen MR) is 127 cm³/mol. The molecule has 0 unspecified atom stereocenters. The quantitative estimate of drug-likeness (QED) is 0.328. The molecule has 0 atom stereocenters. The SMILES string of the molecule is CN1CCN(c2ccc3c(=O)c(C(O)=CC(=O)C(=O)O)cn(Cc4ccc(F)cc4)c3c2)CC1. The van der Waals surface area contributed by atoms with E-state index in [2.05, 4.69) is 16.8 Å². The summed E-state index contributed by atoms with van der Waals surface area (Å²) in [6.07, 6.45) is 1.91. The van der Waals surface area contributed by atoms with E-state index in [0.717, 1.165) is 37.4 Å². The van der Waals surface area contributed by atoms with Gasteiger partial charge in [0.1, 0.15) is 11.6 Å². The number of hydrogen-bond acceptors (Lipinski definition) is 6. The highest BCUT2D eigenvalue weighted by atomic mass is 19.1. The number of aliphatic carboxylic acids is 1. The molecule has 4 rings (SSSR count). The van der Waals surface area contributed by atoms with Gasteiger partial charge in [-0.15, -0.1) is 0 Å². The van der Waals surface area contributed by atoms with E-state index in [9.17, 15) is 23.9 Å². The van der Waals surface area contributed by atoms with E-state index >= 15 is 0 Å². The minimum absolute atomic E-state index is 0.198. The maximum atomic E-state index is 13.4. The number of carbonyl (C=O) groups excluding carboxylic acids is 1. The lowest BCUT2D eigenvalue weighted by molar-refractivity contribution is -0.146. The molecule has 1 saturated heterocycles. The Morgan fingerprint density at radius 1 is 1.03 bits per heavy atom. The second kappa shape index (κ2) is 9.48. The number of rotatable bonds is 6. The number of benzene rings is 2. The van der Waals surface area contributed by atoms with Crippen molar-refractivity contribution in [3.05, 3.63) is 81.9 Å². The van der Waals surface area contributed by atoms with Crippen LogP contribution in [0.4, 0.5) is 10.1 Å².